The van der Waals surface area contributed by atoms with Crippen molar-refractivity contribution < 1.29 is 33.4 Å². The van der Waals surface area contributed by atoms with Crippen LogP contribution in [-0.4, -0.2) is 62.3 Å². The van der Waals surface area contributed by atoms with Gasteiger partial charge in [-0.3, -0.25) is 9.59 Å². The zero-order chi connectivity index (χ0) is 39.6. The largest absolute Gasteiger partial charge is 0.466 e. The molecule has 3 aromatic carbocycles. The first-order valence-corrected chi connectivity index (χ1v) is 24.5. The van der Waals surface area contributed by atoms with Gasteiger partial charge in [0.2, 0.25) is 0 Å². The number of thioether (sulfide) groups is 1. The van der Waals surface area contributed by atoms with Gasteiger partial charge in [0.1, 0.15) is 18.8 Å². The predicted molar refractivity (Wildman–Crippen MR) is 225 cm³/mol. The molecule has 0 saturated carbocycles. The second-order valence-electron chi connectivity index (χ2n) is 15.5. The van der Waals surface area contributed by atoms with Crippen LogP contribution in [0, 0.1) is 6.92 Å². The Morgan fingerprint density at radius 1 is 0.855 bits per heavy atom. The van der Waals surface area contributed by atoms with Crippen LogP contribution >= 0.6 is 11.8 Å². The van der Waals surface area contributed by atoms with Gasteiger partial charge in [-0.15, -0.1) is 0 Å². The fraction of sp³-hybridized carbons (Fsp3) is 0.467. The van der Waals surface area contributed by atoms with Crippen molar-refractivity contribution in [3.8, 4) is 11.1 Å². The second kappa shape index (κ2) is 22.4. The number of aryl methyl sites for hydroxylation is 1. The summed E-state index contributed by atoms with van der Waals surface area (Å²) in [6, 6.07) is 23.7. The van der Waals surface area contributed by atoms with Crippen LogP contribution in [0.25, 0.3) is 11.1 Å². The molecule has 0 saturated heterocycles. The van der Waals surface area contributed by atoms with E-state index in [0.29, 0.717) is 25.2 Å². The molecule has 4 rings (SSSR count). The van der Waals surface area contributed by atoms with Crippen LogP contribution in [0.3, 0.4) is 0 Å². The van der Waals surface area contributed by atoms with E-state index in [1.165, 1.54) is 24.6 Å². The third-order valence-electron chi connectivity index (χ3n) is 9.61. The first-order chi connectivity index (χ1) is 26.4. The molecule has 1 aliphatic carbocycles. The van der Waals surface area contributed by atoms with Gasteiger partial charge in [0.15, 0.2) is 5.12 Å². The number of fused-ring (bicyclic) bond motifs is 3. The highest BCUT2D eigenvalue weighted by Gasteiger charge is 2.31. The van der Waals surface area contributed by atoms with E-state index in [4.69, 9.17) is 14.2 Å². The molecule has 0 bridgehead atoms. The van der Waals surface area contributed by atoms with E-state index in [0.717, 1.165) is 58.7 Å². The van der Waals surface area contributed by atoms with Gasteiger partial charge in [0.05, 0.1) is 13.0 Å². The Kier molecular flexibility index (Phi) is 17.8. The zero-order valence-electron chi connectivity index (χ0n) is 33.3. The molecule has 0 spiro atoms. The predicted octanol–water partition coefficient (Wildman–Crippen LogP) is 10.2. The maximum absolute atomic E-state index is 13.9. The van der Waals surface area contributed by atoms with Crippen LogP contribution in [0.2, 0.25) is 25.7 Å². The third-order valence-corrected chi connectivity index (χ3v) is 12.3. The van der Waals surface area contributed by atoms with Crippen molar-refractivity contribution in [2.75, 3.05) is 19.0 Å². The summed E-state index contributed by atoms with van der Waals surface area (Å²) < 4.78 is 17.3. The van der Waals surface area contributed by atoms with Gasteiger partial charge in [-0.05, 0) is 59.7 Å². The highest BCUT2D eigenvalue weighted by molar-refractivity contribution is 8.13. The van der Waals surface area contributed by atoms with Crippen molar-refractivity contribution >= 4 is 43.0 Å². The van der Waals surface area contributed by atoms with Crippen LogP contribution in [-0.2, 0) is 35.0 Å². The van der Waals surface area contributed by atoms with Crippen molar-refractivity contribution in [3.63, 3.8) is 0 Å². The number of alkyl carbamates (subject to hydrolysis) is 1. The number of ether oxygens (including phenoxy) is 3. The van der Waals surface area contributed by atoms with Crippen LogP contribution in [0.1, 0.15) is 86.5 Å². The smallest absolute Gasteiger partial charge is 0.407 e. The SMILES string of the molecule is CCCCCCCC(=O)SCC/C=C/[C@H](CC(=O)OCC[Si](C)(C)C)OC(=O)[C@H](Cc1ccc(C)cc1)NC(=O)OCC1c2ccccc2-c2ccccc21. The monoisotopic (exact) mass is 785 g/mol. The van der Waals surface area contributed by atoms with Gasteiger partial charge in [0, 0.05) is 32.6 Å². The van der Waals surface area contributed by atoms with Gasteiger partial charge < -0.3 is 19.5 Å². The first kappa shape index (κ1) is 43.6. The highest BCUT2D eigenvalue weighted by Crippen LogP contribution is 2.44. The molecule has 0 fully saturated rings. The summed E-state index contributed by atoms with van der Waals surface area (Å²) in [6.45, 7) is 11.2. The summed E-state index contributed by atoms with van der Waals surface area (Å²) in [7, 11) is -1.43. The quantitative estimate of drug-likeness (QED) is 0.0353. The number of nitrogens with one attached hydrogen (secondary N) is 1. The summed E-state index contributed by atoms with van der Waals surface area (Å²) in [5, 5.41) is 2.94. The lowest BCUT2D eigenvalue weighted by Gasteiger charge is -2.22. The Hall–Kier alpha value is -4.15. The maximum atomic E-state index is 13.9. The lowest BCUT2D eigenvalue weighted by Crippen LogP contribution is -2.45. The molecule has 8 nitrogen and oxygen atoms in total. The van der Waals surface area contributed by atoms with Crippen molar-refractivity contribution in [2.24, 2.45) is 0 Å². The van der Waals surface area contributed by atoms with Gasteiger partial charge in [-0.1, -0.05) is 148 Å². The summed E-state index contributed by atoms with van der Waals surface area (Å²) in [5.41, 5.74) is 6.31. The number of hydrogen-bond acceptors (Lipinski definition) is 8. The number of hydrogen-bond donors (Lipinski definition) is 1. The van der Waals surface area contributed by atoms with E-state index in [2.05, 4.69) is 56.1 Å². The Morgan fingerprint density at radius 3 is 2.16 bits per heavy atom. The van der Waals surface area contributed by atoms with E-state index in [-0.39, 0.29) is 30.5 Å². The van der Waals surface area contributed by atoms with Gasteiger partial charge in [-0.25, -0.2) is 9.59 Å². The minimum absolute atomic E-state index is 0.0974. The van der Waals surface area contributed by atoms with E-state index >= 15 is 0 Å². The number of unbranched alkanes of at least 4 members (excludes halogenated alkanes) is 4. The normalized spacial score (nSPS) is 13.5. The molecule has 0 radical (unpaired) electrons. The highest BCUT2D eigenvalue weighted by atomic mass is 32.2. The fourth-order valence-corrected chi connectivity index (χ4v) is 7.93. The lowest BCUT2D eigenvalue weighted by atomic mass is 9.98. The molecule has 0 unspecified atom stereocenters. The average molecular weight is 786 g/mol. The molecule has 296 valence electrons. The summed E-state index contributed by atoms with van der Waals surface area (Å²) in [5.74, 6) is -0.703. The number of rotatable bonds is 22. The van der Waals surface area contributed by atoms with Crippen LogP contribution in [0.4, 0.5) is 4.79 Å². The van der Waals surface area contributed by atoms with Gasteiger partial charge in [-0.2, -0.15) is 0 Å². The van der Waals surface area contributed by atoms with Crippen LogP contribution in [0.15, 0.2) is 84.9 Å². The maximum Gasteiger partial charge on any atom is 0.407 e. The molecule has 55 heavy (non-hydrogen) atoms. The van der Waals surface area contributed by atoms with E-state index < -0.39 is 38.3 Å². The molecular formula is C45H59NO7SSi. The minimum Gasteiger partial charge on any atom is -0.466 e. The third kappa shape index (κ3) is 15.1. The molecule has 0 aliphatic heterocycles. The number of amides is 1. The summed E-state index contributed by atoms with van der Waals surface area (Å²) in [4.78, 5) is 52.6. The number of allylic oxidation sites excluding steroid dienone is 1. The lowest BCUT2D eigenvalue weighted by molar-refractivity contribution is -0.154. The molecule has 1 amide bonds. The fourth-order valence-electron chi connectivity index (χ4n) is 6.44. The second-order valence-corrected chi connectivity index (χ2v) is 22.3. The number of carbonyl (C=O) groups is 4. The van der Waals surface area contributed by atoms with Crippen LogP contribution in [0.5, 0.6) is 0 Å². The number of esters is 2. The molecule has 1 aliphatic rings. The molecule has 3 aromatic rings. The molecule has 0 heterocycles. The van der Waals surface area contributed by atoms with E-state index in [1.807, 2.05) is 61.5 Å². The van der Waals surface area contributed by atoms with Gasteiger partial charge in [0.25, 0.3) is 0 Å². The molecule has 10 heteroatoms. The molecule has 2 atom stereocenters. The number of carbonyl (C=O) groups excluding carboxylic acids is 4. The molecular weight excluding hydrogens is 727 g/mol. The van der Waals surface area contributed by atoms with Crippen molar-refractivity contribution in [3.05, 3.63) is 107 Å². The van der Waals surface area contributed by atoms with E-state index in [9.17, 15) is 19.2 Å². The van der Waals surface area contributed by atoms with Crippen molar-refractivity contribution in [1.82, 2.24) is 5.32 Å². The van der Waals surface area contributed by atoms with Crippen molar-refractivity contribution in [2.45, 2.75) is 115 Å². The van der Waals surface area contributed by atoms with Crippen LogP contribution < -0.4 is 5.32 Å². The summed E-state index contributed by atoms with van der Waals surface area (Å²) >= 11 is 1.31. The standard InChI is InChI=1S/C45H59NO7SSi/c1-6-7-8-9-10-22-43(48)54-28-16-15-17-35(31-42(47)51-27-29-55(3,4)5)53-44(49)41(30-34-25-23-33(2)24-26-34)46-45(50)52-32-40-38-20-13-11-18-36(38)37-19-12-14-21-39(37)40/h11-15,17-21,23-26,35,40-41H,6-10,16,22,27-32H2,1-5H3,(H,46,50)/b17-15+/t35-,41+/m1/s1. The first-order valence-electron chi connectivity index (χ1n) is 19.8. The number of benzene rings is 3. The zero-order valence-corrected chi connectivity index (χ0v) is 35.1. The minimum atomic E-state index is -1.43. The van der Waals surface area contributed by atoms with E-state index in [1.54, 1.807) is 6.08 Å². The summed E-state index contributed by atoms with van der Waals surface area (Å²) in [6.07, 6.45) is 8.50. The Morgan fingerprint density at radius 2 is 1.51 bits per heavy atom. The Balaban J connectivity index is 1.41. The average Bonchev–Trinajstić information content (AvgIpc) is 3.47. The van der Waals surface area contributed by atoms with Gasteiger partial charge >= 0.3 is 18.0 Å². The molecule has 0 aromatic heterocycles. The Labute approximate surface area is 333 Å². The Bertz CT molecular complexity index is 1690. The topological polar surface area (TPSA) is 108 Å². The van der Waals surface area contributed by atoms with Crippen molar-refractivity contribution in [1.29, 1.82) is 0 Å². The molecule has 1 N–H and O–H groups in total.